The fraction of sp³-hybridized carbons (Fsp3) is 0.308. The Bertz CT molecular complexity index is 558. The molecule has 0 aliphatic carbocycles. The summed E-state index contributed by atoms with van der Waals surface area (Å²) in [6.07, 6.45) is 1.59. The van der Waals surface area contributed by atoms with Gasteiger partial charge in [0.2, 0.25) is 0 Å². The standard InChI is InChI=1S/C13H17N2O3P/c1-3-17-19(16,18-4-2)13-10-11-14-15(13)12-8-6-5-7-9-12/h5-11H,3-4H2,1-2H3. The van der Waals surface area contributed by atoms with Gasteiger partial charge in [-0.25, -0.2) is 4.68 Å². The fourth-order valence-electron chi connectivity index (χ4n) is 1.78. The van der Waals surface area contributed by atoms with Gasteiger partial charge in [0.05, 0.1) is 25.1 Å². The molecule has 1 heterocycles. The monoisotopic (exact) mass is 280 g/mol. The van der Waals surface area contributed by atoms with Crippen LogP contribution in [-0.2, 0) is 13.6 Å². The molecule has 5 nitrogen and oxygen atoms in total. The van der Waals surface area contributed by atoms with Crippen LogP contribution >= 0.6 is 7.60 Å². The predicted molar refractivity (Wildman–Crippen MR) is 74.1 cm³/mol. The number of hydrogen-bond donors (Lipinski definition) is 0. The Labute approximate surface area is 112 Å². The highest BCUT2D eigenvalue weighted by Gasteiger charge is 2.31. The van der Waals surface area contributed by atoms with Crippen molar-refractivity contribution >= 4 is 13.0 Å². The first kappa shape index (κ1) is 14.0. The van der Waals surface area contributed by atoms with E-state index >= 15 is 0 Å². The average molecular weight is 280 g/mol. The van der Waals surface area contributed by atoms with Gasteiger partial charge in [0.1, 0.15) is 0 Å². The smallest absolute Gasteiger partial charge is 0.304 e. The Morgan fingerprint density at radius 2 is 1.74 bits per heavy atom. The van der Waals surface area contributed by atoms with E-state index in [2.05, 4.69) is 5.10 Å². The van der Waals surface area contributed by atoms with E-state index < -0.39 is 7.60 Å². The molecule has 0 unspecified atom stereocenters. The number of rotatable bonds is 6. The van der Waals surface area contributed by atoms with Crippen LogP contribution in [0.5, 0.6) is 0 Å². The third kappa shape index (κ3) is 2.95. The molecule has 0 saturated carbocycles. The SMILES string of the molecule is CCOP(=O)(OCC)c1ccnn1-c1ccccc1. The van der Waals surface area contributed by atoms with Crippen molar-refractivity contribution < 1.29 is 13.6 Å². The van der Waals surface area contributed by atoms with Crippen molar-refractivity contribution in [1.29, 1.82) is 0 Å². The molecule has 19 heavy (non-hydrogen) atoms. The highest BCUT2D eigenvalue weighted by Crippen LogP contribution is 2.46. The summed E-state index contributed by atoms with van der Waals surface area (Å²) in [4.78, 5) is 0. The van der Waals surface area contributed by atoms with Crippen LogP contribution in [0.2, 0.25) is 0 Å². The Kier molecular flexibility index (Phi) is 4.53. The molecule has 2 aromatic rings. The van der Waals surface area contributed by atoms with E-state index in [1.807, 2.05) is 30.3 Å². The number of benzene rings is 1. The Hall–Kier alpha value is -1.42. The zero-order valence-corrected chi connectivity index (χ0v) is 11.9. The minimum atomic E-state index is -3.33. The van der Waals surface area contributed by atoms with Crippen LogP contribution < -0.4 is 5.44 Å². The van der Waals surface area contributed by atoms with E-state index in [1.165, 1.54) is 0 Å². The molecule has 1 aromatic heterocycles. The van der Waals surface area contributed by atoms with E-state index in [9.17, 15) is 4.57 Å². The van der Waals surface area contributed by atoms with Gasteiger partial charge in [-0.2, -0.15) is 5.10 Å². The lowest BCUT2D eigenvalue weighted by atomic mass is 10.3. The lowest BCUT2D eigenvalue weighted by Crippen LogP contribution is -2.20. The maximum absolute atomic E-state index is 12.8. The van der Waals surface area contributed by atoms with Crippen molar-refractivity contribution in [3.05, 3.63) is 42.6 Å². The summed E-state index contributed by atoms with van der Waals surface area (Å²) in [5, 5.41) is 4.20. The van der Waals surface area contributed by atoms with Gasteiger partial charge in [-0.05, 0) is 32.0 Å². The van der Waals surface area contributed by atoms with Gasteiger partial charge in [0.15, 0.2) is 5.44 Å². The molecule has 0 aliphatic rings. The molecule has 0 radical (unpaired) electrons. The normalized spacial score (nSPS) is 11.7. The molecule has 0 spiro atoms. The molecule has 0 N–H and O–H groups in total. The lowest BCUT2D eigenvalue weighted by Gasteiger charge is -2.18. The van der Waals surface area contributed by atoms with E-state index in [4.69, 9.17) is 9.05 Å². The van der Waals surface area contributed by atoms with Gasteiger partial charge in [-0.3, -0.25) is 4.57 Å². The van der Waals surface area contributed by atoms with Crippen molar-refractivity contribution in [3.8, 4) is 5.69 Å². The third-order valence-corrected chi connectivity index (χ3v) is 4.60. The average Bonchev–Trinajstić information content (AvgIpc) is 2.90. The molecular formula is C13H17N2O3P. The predicted octanol–water partition coefficient (Wildman–Crippen LogP) is 2.76. The van der Waals surface area contributed by atoms with Crippen LogP contribution in [0.25, 0.3) is 5.69 Å². The molecule has 1 aromatic carbocycles. The van der Waals surface area contributed by atoms with Gasteiger partial charge in [0.25, 0.3) is 0 Å². The van der Waals surface area contributed by atoms with Gasteiger partial charge in [0, 0.05) is 0 Å². The summed E-state index contributed by atoms with van der Waals surface area (Å²) in [7, 11) is -3.33. The molecular weight excluding hydrogens is 263 g/mol. The maximum atomic E-state index is 12.8. The summed E-state index contributed by atoms with van der Waals surface area (Å²) < 4.78 is 25.1. The van der Waals surface area contributed by atoms with Gasteiger partial charge >= 0.3 is 7.60 Å². The molecule has 0 atom stereocenters. The summed E-state index contributed by atoms with van der Waals surface area (Å²) >= 11 is 0. The summed E-state index contributed by atoms with van der Waals surface area (Å²) in [5.41, 5.74) is 1.27. The summed E-state index contributed by atoms with van der Waals surface area (Å²) in [5.74, 6) is 0. The summed E-state index contributed by atoms with van der Waals surface area (Å²) in [6, 6.07) is 11.1. The van der Waals surface area contributed by atoms with Crippen LogP contribution in [0.15, 0.2) is 42.6 Å². The fourth-order valence-corrected chi connectivity index (χ4v) is 3.45. The Morgan fingerprint density at radius 1 is 1.11 bits per heavy atom. The first-order valence-corrected chi connectivity index (χ1v) is 7.74. The quantitative estimate of drug-likeness (QED) is 0.763. The zero-order valence-electron chi connectivity index (χ0n) is 11.0. The largest absolute Gasteiger partial charge is 0.379 e. The van der Waals surface area contributed by atoms with E-state index in [0.717, 1.165) is 5.69 Å². The van der Waals surface area contributed by atoms with Crippen LogP contribution in [0.3, 0.4) is 0 Å². The topological polar surface area (TPSA) is 53.4 Å². The van der Waals surface area contributed by atoms with E-state index in [0.29, 0.717) is 18.6 Å². The van der Waals surface area contributed by atoms with Gasteiger partial charge < -0.3 is 9.05 Å². The van der Waals surface area contributed by atoms with Crippen LogP contribution in [0.1, 0.15) is 13.8 Å². The van der Waals surface area contributed by atoms with Crippen molar-refractivity contribution in [1.82, 2.24) is 9.78 Å². The van der Waals surface area contributed by atoms with Crippen molar-refractivity contribution in [2.75, 3.05) is 13.2 Å². The number of hydrogen-bond acceptors (Lipinski definition) is 4. The highest BCUT2D eigenvalue weighted by atomic mass is 31.2. The summed E-state index contributed by atoms with van der Waals surface area (Å²) in [6.45, 7) is 4.21. The van der Waals surface area contributed by atoms with Crippen molar-refractivity contribution in [3.63, 3.8) is 0 Å². The van der Waals surface area contributed by atoms with Gasteiger partial charge in [-0.1, -0.05) is 18.2 Å². The second-order valence-electron chi connectivity index (χ2n) is 3.77. The van der Waals surface area contributed by atoms with Gasteiger partial charge in [-0.15, -0.1) is 0 Å². The molecule has 6 heteroatoms. The molecule has 102 valence electrons. The first-order valence-electron chi connectivity index (χ1n) is 6.20. The maximum Gasteiger partial charge on any atom is 0.379 e. The molecule has 0 aliphatic heterocycles. The lowest BCUT2D eigenvalue weighted by molar-refractivity contribution is 0.228. The minimum Gasteiger partial charge on any atom is -0.304 e. The third-order valence-electron chi connectivity index (χ3n) is 2.50. The van der Waals surface area contributed by atoms with Crippen LogP contribution in [0, 0.1) is 0 Å². The van der Waals surface area contributed by atoms with Crippen molar-refractivity contribution in [2.45, 2.75) is 13.8 Å². The molecule has 2 rings (SSSR count). The highest BCUT2D eigenvalue weighted by molar-refractivity contribution is 7.62. The molecule has 0 amide bonds. The number of nitrogens with zero attached hydrogens (tertiary/aromatic N) is 2. The van der Waals surface area contributed by atoms with Crippen molar-refractivity contribution in [2.24, 2.45) is 0 Å². The van der Waals surface area contributed by atoms with E-state index in [1.54, 1.807) is 30.8 Å². The molecule has 0 bridgehead atoms. The van der Waals surface area contributed by atoms with E-state index in [-0.39, 0.29) is 0 Å². The second kappa shape index (κ2) is 6.15. The van der Waals surface area contributed by atoms with Crippen LogP contribution in [0.4, 0.5) is 0 Å². The van der Waals surface area contributed by atoms with Crippen LogP contribution in [-0.4, -0.2) is 23.0 Å². The number of aromatic nitrogens is 2. The minimum absolute atomic E-state index is 0.317. The first-order chi connectivity index (χ1) is 9.21. The Morgan fingerprint density at radius 3 is 2.32 bits per heavy atom. The zero-order chi connectivity index (χ0) is 13.7. The number of para-hydroxylation sites is 1. The molecule has 0 saturated heterocycles. The Balaban J connectivity index is 2.46. The second-order valence-corrected chi connectivity index (χ2v) is 5.74. The molecule has 0 fully saturated rings.